The first-order valence-electron chi connectivity index (χ1n) is 18.0. The SMILES string of the molecule is C=C(C)C(=O)OCC(CCC(C)CCCCC(C)CCCCCCC)C(C)CCCC(C)CCCCCCCC. The molecule has 2 heteroatoms. The minimum Gasteiger partial charge on any atom is -0.462 e. The topological polar surface area (TPSA) is 26.3 Å². The van der Waals surface area contributed by atoms with Gasteiger partial charge in [-0.15, -0.1) is 0 Å². The van der Waals surface area contributed by atoms with Gasteiger partial charge in [0.2, 0.25) is 0 Å². The van der Waals surface area contributed by atoms with E-state index in [9.17, 15) is 4.79 Å². The van der Waals surface area contributed by atoms with Crippen LogP contribution in [-0.4, -0.2) is 12.6 Å². The van der Waals surface area contributed by atoms with Gasteiger partial charge in [0.05, 0.1) is 6.61 Å². The van der Waals surface area contributed by atoms with Crippen LogP contribution in [0.1, 0.15) is 190 Å². The van der Waals surface area contributed by atoms with Crippen LogP contribution in [0.15, 0.2) is 12.2 Å². The number of rotatable bonds is 29. The fraction of sp³-hybridized carbons (Fsp3) is 0.921. The molecule has 0 aromatic carbocycles. The Morgan fingerprint density at radius 2 is 0.950 bits per heavy atom. The molecule has 0 aromatic heterocycles. The highest BCUT2D eigenvalue weighted by atomic mass is 16.5. The van der Waals surface area contributed by atoms with Crippen LogP contribution in [0, 0.1) is 29.6 Å². The third-order valence-corrected chi connectivity index (χ3v) is 9.46. The Bertz CT molecular complexity index is 582. The third kappa shape index (κ3) is 23.9. The van der Waals surface area contributed by atoms with Gasteiger partial charge in [0, 0.05) is 5.57 Å². The van der Waals surface area contributed by atoms with E-state index in [4.69, 9.17) is 4.74 Å². The molecule has 0 aromatic rings. The summed E-state index contributed by atoms with van der Waals surface area (Å²) in [6.45, 7) is 20.4. The summed E-state index contributed by atoms with van der Waals surface area (Å²) in [4.78, 5) is 12.1. The zero-order valence-electron chi connectivity index (χ0n) is 28.7. The molecule has 0 heterocycles. The fourth-order valence-corrected chi connectivity index (χ4v) is 6.15. The lowest BCUT2D eigenvalue weighted by molar-refractivity contribution is -0.141. The Morgan fingerprint density at radius 1 is 0.550 bits per heavy atom. The first-order valence-corrected chi connectivity index (χ1v) is 18.0. The molecule has 0 aliphatic rings. The van der Waals surface area contributed by atoms with Crippen LogP contribution in [0.5, 0.6) is 0 Å². The first-order chi connectivity index (χ1) is 19.2. The second kappa shape index (κ2) is 27.1. The normalized spacial score (nSPS) is 15.4. The largest absolute Gasteiger partial charge is 0.462 e. The van der Waals surface area contributed by atoms with Crippen molar-refractivity contribution in [1.82, 2.24) is 0 Å². The maximum Gasteiger partial charge on any atom is 0.333 e. The Morgan fingerprint density at radius 3 is 1.43 bits per heavy atom. The molecule has 0 bridgehead atoms. The smallest absolute Gasteiger partial charge is 0.333 e. The van der Waals surface area contributed by atoms with E-state index < -0.39 is 0 Å². The summed E-state index contributed by atoms with van der Waals surface area (Å²) in [5.41, 5.74) is 0.512. The van der Waals surface area contributed by atoms with Crippen molar-refractivity contribution in [3.63, 3.8) is 0 Å². The van der Waals surface area contributed by atoms with E-state index in [0.29, 0.717) is 24.0 Å². The molecule has 0 N–H and O–H groups in total. The molecule has 2 nitrogen and oxygen atoms in total. The lowest BCUT2D eigenvalue weighted by atomic mass is 9.83. The summed E-state index contributed by atoms with van der Waals surface area (Å²) >= 11 is 0. The maximum atomic E-state index is 12.1. The molecule has 5 unspecified atom stereocenters. The first kappa shape index (κ1) is 39.2. The average molecular weight is 563 g/mol. The van der Waals surface area contributed by atoms with Crippen LogP contribution in [0.4, 0.5) is 0 Å². The van der Waals surface area contributed by atoms with Crippen LogP contribution in [0.25, 0.3) is 0 Å². The van der Waals surface area contributed by atoms with E-state index in [0.717, 1.165) is 17.8 Å². The molecule has 0 aliphatic heterocycles. The molecule has 0 amide bonds. The second-order valence-corrected chi connectivity index (χ2v) is 14.0. The van der Waals surface area contributed by atoms with Crippen molar-refractivity contribution in [2.45, 2.75) is 190 Å². The maximum absolute atomic E-state index is 12.1. The summed E-state index contributed by atoms with van der Waals surface area (Å²) in [7, 11) is 0. The van der Waals surface area contributed by atoms with Crippen molar-refractivity contribution in [1.29, 1.82) is 0 Å². The van der Waals surface area contributed by atoms with Crippen molar-refractivity contribution < 1.29 is 9.53 Å². The molecule has 0 rings (SSSR count). The van der Waals surface area contributed by atoms with Crippen molar-refractivity contribution in [2.75, 3.05) is 6.61 Å². The highest BCUT2D eigenvalue weighted by molar-refractivity contribution is 5.86. The molecular formula is C38H74O2. The van der Waals surface area contributed by atoms with Gasteiger partial charge in [0.25, 0.3) is 0 Å². The zero-order valence-corrected chi connectivity index (χ0v) is 28.7. The van der Waals surface area contributed by atoms with Crippen molar-refractivity contribution >= 4 is 5.97 Å². The van der Waals surface area contributed by atoms with E-state index in [2.05, 4.69) is 48.1 Å². The molecular weight excluding hydrogens is 488 g/mol. The number of carbonyl (C=O) groups is 1. The van der Waals surface area contributed by atoms with Gasteiger partial charge in [-0.25, -0.2) is 4.79 Å². The van der Waals surface area contributed by atoms with Crippen molar-refractivity contribution in [3.05, 3.63) is 12.2 Å². The molecule has 0 radical (unpaired) electrons. The van der Waals surface area contributed by atoms with Gasteiger partial charge in [0.1, 0.15) is 0 Å². The summed E-state index contributed by atoms with van der Waals surface area (Å²) < 4.78 is 5.68. The van der Waals surface area contributed by atoms with Crippen LogP contribution < -0.4 is 0 Å². The van der Waals surface area contributed by atoms with Gasteiger partial charge >= 0.3 is 5.97 Å². The van der Waals surface area contributed by atoms with E-state index in [1.807, 2.05) is 0 Å². The lowest BCUT2D eigenvalue weighted by Gasteiger charge is -2.26. The van der Waals surface area contributed by atoms with Crippen LogP contribution in [0.3, 0.4) is 0 Å². The van der Waals surface area contributed by atoms with E-state index in [1.165, 1.54) is 141 Å². The minimum absolute atomic E-state index is 0.225. The zero-order chi connectivity index (χ0) is 30.0. The number of unbranched alkanes of at least 4 members (excludes halogenated alkanes) is 10. The van der Waals surface area contributed by atoms with E-state index in [1.54, 1.807) is 6.92 Å². The van der Waals surface area contributed by atoms with E-state index in [-0.39, 0.29) is 5.97 Å². The monoisotopic (exact) mass is 563 g/mol. The summed E-state index contributed by atoms with van der Waals surface area (Å²) in [6.07, 6.45) is 30.0. The van der Waals surface area contributed by atoms with Crippen molar-refractivity contribution in [2.24, 2.45) is 29.6 Å². The molecule has 238 valence electrons. The predicted molar refractivity (Wildman–Crippen MR) is 179 cm³/mol. The molecule has 0 spiro atoms. The standard InChI is InChI=1S/C38H74O2/c1-9-11-13-15-17-19-24-34(6)27-22-28-36(8)37(31-40-38(39)32(3)4)30-29-35(7)26-21-20-25-33(5)23-18-16-14-12-10-2/h33-37H,3,9-31H2,1-2,4-8H3. The molecule has 0 saturated carbocycles. The summed E-state index contributed by atoms with van der Waals surface area (Å²) in [6, 6.07) is 0. The molecule has 40 heavy (non-hydrogen) atoms. The predicted octanol–water partition coefficient (Wildman–Crippen LogP) is 12.9. The van der Waals surface area contributed by atoms with Crippen LogP contribution >= 0.6 is 0 Å². The van der Waals surface area contributed by atoms with Crippen molar-refractivity contribution in [3.8, 4) is 0 Å². The van der Waals surface area contributed by atoms with E-state index >= 15 is 0 Å². The van der Waals surface area contributed by atoms with Gasteiger partial charge < -0.3 is 4.74 Å². The molecule has 0 aliphatic carbocycles. The summed E-state index contributed by atoms with van der Waals surface area (Å²) in [5.74, 6) is 3.32. The van der Waals surface area contributed by atoms with Gasteiger partial charge in [-0.3, -0.25) is 0 Å². The van der Waals surface area contributed by atoms with Gasteiger partial charge in [-0.2, -0.15) is 0 Å². The highest BCUT2D eigenvalue weighted by Gasteiger charge is 2.21. The van der Waals surface area contributed by atoms with Gasteiger partial charge in [-0.1, -0.05) is 183 Å². The van der Waals surface area contributed by atoms with Crippen LogP contribution in [0.2, 0.25) is 0 Å². The lowest BCUT2D eigenvalue weighted by Crippen LogP contribution is -2.22. The molecule has 0 saturated heterocycles. The Balaban J connectivity index is 4.34. The minimum atomic E-state index is -0.225. The van der Waals surface area contributed by atoms with Crippen LogP contribution in [-0.2, 0) is 9.53 Å². The van der Waals surface area contributed by atoms with Gasteiger partial charge in [0.15, 0.2) is 0 Å². The molecule has 5 atom stereocenters. The quantitative estimate of drug-likeness (QED) is 0.0515. The number of carbonyl (C=O) groups excluding carboxylic acids is 1. The third-order valence-electron chi connectivity index (χ3n) is 9.46. The second-order valence-electron chi connectivity index (χ2n) is 14.0. The Kier molecular flexibility index (Phi) is 26.5. The molecule has 0 fully saturated rings. The average Bonchev–Trinajstić information content (AvgIpc) is 2.92. The Labute approximate surface area is 253 Å². The fourth-order valence-electron chi connectivity index (χ4n) is 6.15. The summed E-state index contributed by atoms with van der Waals surface area (Å²) in [5, 5.41) is 0. The Hall–Kier alpha value is -0.790. The number of ether oxygens (including phenoxy) is 1. The highest BCUT2D eigenvalue weighted by Crippen LogP contribution is 2.29. The van der Waals surface area contributed by atoms with Gasteiger partial charge in [-0.05, 0) is 42.9 Å². The number of esters is 1. The number of hydrogen-bond donors (Lipinski definition) is 0. The number of hydrogen-bond acceptors (Lipinski definition) is 2.